The Morgan fingerprint density at radius 1 is 1.50 bits per heavy atom. The number of rotatable bonds is 4. The minimum atomic E-state index is -3.07. The lowest BCUT2D eigenvalue weighted by atomic mass is 10.4. The quantitative estimate of drug-likeness (QED) is 0.854. The predicted molar refractivity (Wildman–Crippen MR) is 54.4 cm³/mol. The maximum atomic E-state index is 11.2. The first-order valence-electron chi connectivity index (χ1n) is 3.97. The van der Waals surface area contributed by atoms with Gasteiger partial charge in [0.25, 0.3) is 0 Å². The van der Waals surface area contributed by atoms with Crippen molar-refractivity contribution in [1.29, 1.82) is 0 Å². The molecule has 0 aromatic carbocycles. The molecule has 1 aromatic heterocycles. The number of thiophene rings is 1. The number of hydrogen-bond acceptors (Lipinski definition) is 4. The van der Waals surface area contributed by atoms with Gasteiger partial charge in [0.05, 0.1) is 5.75 Å². The summed E-state index contributed by atoms with van der Waals surface area (Å²) in [7, 11) is -3.07. The molecule has 0 fully saturated rings. The van der Waals surface area contributed by atoms with Crippen LogP contribution in [-0.4, -0.2) is 25.2 Å². The predicted octanol–water partition coefficient (Wildman–Crippen LogP) is 1.38. The molecule has 0 saturated carbocycles. The Hall–Kier alpha value is -0.880. The van der Waals surface area contributed by atoms with Crippen molar-refractivity contribution in [3.05, 3.63) is 21.9 Å². The van der Waals surface area contributed by atoms with Crippen molar-refractivity contribution in [3.8, 4) is 0 Å². The van der Waals surface area contributed by atoms with Crippen LogP contribution >= 0.6 is 11.3 Å². The van der Waals surface area contributed by atoms with E-state index in [2.05, 4.69) is 0 Å². The Morgan fingerprint density at radius 2 is 2.14 bits per heavy atom. The molecule has 1 heterocycles. The molecule has 14 heavy (non-hydrogen) atoms. The van der Waals surface area contributed by atoms with Crippen LogP contribution in [0.15, 0.2) is 12.1 Å². The number of carboxylic acid groups (broad SMARTS) is 1. The lowest BCUT2D eigenvalue weighted by molar-refractivity contribution is 0.0702. The SMILES string of the molecule is CCS(=O)(=O)Cc1ccc(C(=O)O)s1. The minimum absolute atomic E-state index is 0.0680. The Morgan fingerprint density at radius 3 is 2.57 bits per heavy atom. The fourth-order valence-electron chi connectivity index (χ4n) is 0.889. The van der Waals surface area contributed by atoms with E-state index in [1.165, 1.54) is 6.07 Å². The van der Waals surface area contributed by atoms with Gasteiger partial charge in [-0.25, -0.2) is 13.2 Å². The number of sulfone groups is 1. The van der Waals surface area contributed by atoms with E-state index in [-0.39, 0.29) is 16.4 Å². The van der Waals surface area contributed by atoms with Gasteiger partial charge >= 0.3 is 5.97 Å². The summed E-state index contributed by atoms with van der Waals surface area (Å²) in [6.45, 7) is 1.57. The molecule has 0 aliphatic rings. The molecule has 4 nitrogen and oxygen atoms in total. The van der Waals surface area contributed by atoms with Crippen LogP contribution in [0.1, 0.15) is 21.5 Å². The molecular weight excluding hydrogens is 224 g/mol. The van der Waals surface area contributed by atoms with E-state index >= 15 is 0 Å². The summed E-state index contributed by atoms with van der Waals surface area (Å²) in [6, 6.07) is 2.97. The highest BCUT2D eigenvalue weighted by Gasteiger charge is 2.13. The zero-order valence-corrected chi connectivity index (χ0v) is 9.19. The molecule has 1 aromatic rings. The van der Waals surface area contributed by atoms with E-state index in [0.29, 0.717) is 4.88 Å². The topological polar surface area (TPSA) is 71.4 Å². The second-order valence-corrected chi connectivity index (χ2v) is 6.27. The monoisotopic (exact) mass is 234 g/mol. The molecule has 1 rings (SSSR count). The fraction of sp³-hybridized carbons (Fsp3) is 0.375. The summed E-state index contributed by atoms with van der Waals surface area (Å²) in [4.78, 5) is 11.3. The molecule has 0 radical (unpaired) electrons. The Balaban J connectivity index is 2.84. The molecule has 0 aliphatic heterocycles. The molecule has 0 aliphatic carbocycles. The van der Waals surface area contributed by atoms with Gasteiger partial charge in [0.1, 0.15) is 4.88 Å². The van der Waals surface area contributed by atoms with Gasteiger partial charge in [-0.15, -0.1) is 11.3 Å². The first-order chi connectivity index (χ1) is 6.44. The van der Waals surface area contributed by atoms with Crippen LogP contribution in [0.2, 0.25) is 0 Å². The molecule has 0 spiro atoms. The van der Waals surface area contributed by atoms with E-state index in [9.17, 15) is 13.2 Å². The lowest BCUT2D eigenvalue weighted by Gasteiger charge is -1.96. The molecule has 0 amide bonds. The Bertz CT molecular complexity index is 430. The van der Waals surface area contributed by atoms with Crippen molar-refractivity contribution in [2.24, 2.45) is 0 Å². The summed E-state index contributed by atoms with van der Waals surface area (Å²) >= 11 is 1.00. The molecule has 0 saturated heterocycles. The standard InChI is InChI=1S/C8H10O4S2/c1-2-14(11,12)5-6-3-4-7(13-6)8(9)10/h3-4H,2,5H2,1H3,(H,9,10). The third kappa shape index (κ3) is 2.81. The third-order valence-electron chi connectivity index (χ3n) is 1.67. The van der Waals surface area contributed by atoms with Crippen LogP contribution in [0, 0.1) is 0 Å². The molecule has 0 bridgehead atoms. The van der Waals surface area contributed by atoms with Crippen LogP contribution in [0.25, 0.3) is 0 Å². The number of hydrogen-bond donors (Lipinski definition) is 1. The summed E-state index contributed by atoms with van der Waals surface area (Å²) in [6.07, 6.45) is 0. The highest BCUT2D eigenvalue weighted by atomic mass is 32.2. The highest BCUT2D eigenvalue weighted by Crippen LogP contribution is 2.18. The summed E-state index contributed by atoms with van der Waals surface area (Å²) in [5, 5.41) is 8.61. The first-order valence-corrected chi connectivity index (χ1v) is 6.61. The number of aromatic carboxylic acids is 1. The Labute approximate surface area is 86.1 Å². The average Bonchev–Trinajstić information content (AvgIpc) is 2.52. The van der Waals surface area contributed by atoms with Crippen LogP contribution in [-0.2, 0) is 15.6 Å². The largest absolute Gasteiger partial charge is 0.477 e. The second-order valence-electron chi connectivity index (χ2n) is 2.75. The molecule has 6 heteroatoms. The summed E-state index contributed by atoms with van der Waals surface area (Å²) in [5.41, 5.74) is 0. The molecule has 0 unspecified atom stereocenters. The van der Waals surface area contributed by atoms with Crippen LogP contribution < -0.4 is 0 Å². The van der Waals surface area contributed by atoms with Crippen molar-refractivity contribution in [2.45, 2.75) is 12.7 Å². The van der Waals surface area contributed by atoms with Gasteiger partial charge in [0.2, 0.25) is 0 Å². The van der Waals surface area contributed by atoms with E-state index in [1.807, 2.05) is 0 Å². The van der Waals surface area contributed by atoms with Crippen molar-refractivity contribution >= 4 is 27.1 Å². The summed E-state index contributed by atoms with van der Waals surface area (Å²) in [5.74, 6) is -1.01. The van der Waals surface area contributed by atoms with Gasteiger partial charge in [-0.3, -0.25) is 0 Å². The van der Waals surface area contributed by atoms with E-state index < -0.39 is 15.8 Å². The Kier molecular flexibility index (Phi) is 3.28. The minimum Gasteiger partial charge on any atom is -0.477 e. The third-order valence-corrected chi connectivity index (χ3v) is 4.56. The van der Waals surface area contributed by atoms with Gasteiger partial charge in [0.15, 0.2) is 9.84 Å². The average molecular weight is 234 g/mol. The molecule has 1 N–H and O–H groups in total. The second kappa shape index (κ2) is 4.10. The van der Waals surface area contributed by atoms with E-state index in [0.717, 1.165) is 11.3 Å². The van der Waals surface area contributed by atoms with E-state index in [4.69, 9.17) is 5.11 Å². The number of carboxylic acids is 1. The normalized spacial score (nSPS) is 11.5. The number of carbonyl (C=O) groups is 1. The van der Waals surface area contributed by atoms with Crippen LogP contribution in [0.5, 0.6) is 0 Å². The van der Waals surface area contributed by atoms with Crippen molar-refractivity contribution < 1.29 is 18.3 Å². The van der Waals surface area contributed by atoms with Gasteiger partial charge in [-0.05, 0) is 12.1 Å². The first kappa shape index (κ1) is 11.2. The molecule has 0 atom stereocenters. The fourth-order valence-corrected chi connectivity index (χ4v) is 3.04. The summed E-state index contributed by atoms with van der Waals surface area (Å²) < 4.78 is 22.4. The van der Waals surface area contributed by atoms with Gasteiger partial charge in [0, 0.05) is 10.6 Å². The zero-order valence-electron chi connectivity index (χ0n) is 7.56. The van der Waals surface area contributed by atoms with Crippen molar-refractivity contribution in [1.82, 2.24) is 0 Å². The van der Waals surface area contributed by atoms with Gasteiger partial charge in [-0.2, -0.15) is 0 Å². The van der Waals surface area contributed by atoms with E-state index in [1.54, 1.807) is 13.0 Å². The maximum Gasteiger partial charge on any atom is 0.345 e. The smallest absolute Gasteiger partial charge is 0.345 e. The maximum absolute atomic E-state index is 11.2. The lowest BCUT2D eigenvalue weighted by Crippen LogP contribution is -2.05. The highest BCUT2D eigenvalue weighted by molar-refractivity contribution is 7.90. The van der Waals surface area contributed by atoms with Crippen molar-refractivity contribution in [2.75, 3.05) is 5.75 Å². The molecule has 78 valence electrons. The molecular formula is C8H10O4S2. The van der Waals surface area contributed by atoms with Crippen molar-refractivity contribution in [3.63, 3.8) is 0 Å². The van der Waals surface area contributed by atoms with Gasteiger partial charge in [-0.1, -0.05) is 6.92 Å². The zero-order chi connectivity index (χ0) is 10.8. The van der Waals surface area contributed by atoms with Crippen LogP contribution in [0.4, 0.5) is 0 Å². The van der Waals surface area contributed by atoms with Crippen LogP contribution in [0.3, 0.4) is 0 Å². The van der Waals surface area contributed by atoms with Gasteiger partial charge < -0.3 is 5.11 Å².